The Morgan fingerprint density at radius 2 is 1.88 bits per heavy atom. The van der Waals surface area contributed by atoms with E-state index in [0.29, 0.717) is 13.0 Å². The van der Waals surface area contributed by atoms with Gasteiger partial charge in [-0.3, -0.25) is 4.68 Å². The molecule has 0 fully saturated rings. The lowest BCUT2D eigenvalue weighted by molar-refractivity contribution is -0.137. The minimum atomic E-state index is -4.32. The van der Waals surface area contributed by atoms with Crippen LogP contribution in [0.3, 0.4) is 0 Å². The fourth-order valence-corrected chi connectivity index (χ4v) is 2.62. The maximum Gasteiger partial charge on any atom is 0.416 e. The number of nitrogens with one attached hydrogen (secondary N) is 1. The summed E-state index contributed by atoms with van der Waals surface area (Å²) in [7, 11) is 1.86. The summed E-state index contributed by atoms with van der Waals surface area (Å²) in [5.74, 6) is -0.0718. The molecule has 132 valence electrons. The fraction of sp³-hybridized carbons (Fsp3) is 0.471. The van der Waals surface area contributed by atoms with Crippen LogP contribution in [0.1, 0.15) is 29.8 Å². The van der Waals surface area contributed by atoms with Gasteiger partial charge in [0, 0.05) is 32.4 Å². The van der Waals surface area contributed by atoms with Gasteiger partial charge in [0.05, 0.1) is 11.3 Å². The van der Waals surface area contributed by atoms with Crippen molar-refractivity contribution in [2.75, 3.05) is 13.2 Å². The Bertz CT molecular complexity index is 637. The summed E-state index contributed by atoms with van der Waals surface area (Å²) in [6, 6.07) is 7.08. The monoisotopic (exact) mass is 341 g/mol. The van der Waals surface area contributed by atoms with Crippen molar-refractivity contribution < 1.29 is 18.3 Å². The predicted molar refractivity (Wildman–Crippen MR) is 85.3 cm³/mol. The predicted octanol–water partition coefficient (Wildman–Crippen LogP) is 2.94. The van der Waals surface area contributed by atoms with Crippen LogP contribution in [0, 0.1) is 5.92 Å². The van der Waals surface area contributed by atoms with Gasteiger partial charge >= 0.3 is 6.18 Å². The molecular weight excluding hydrogens is 319 g/mol. The molecule has 0 saturated carbocycles. The molecule has 1 heterocycles. The largest absolute Gasteiger partial charge is 0.416 e. The maximum atomic E-state index is 12.6. The van der Waals surface area contributed by atoms with E-state index < -0.39 is 11.7 Å². The molecule has 1 aromatic heterocycles. The average Bonchev–Trinajstić information content (AvgIpc) is 2.97. The van der Waals surface area contributed by atoms with Crippen molar-refractivity contribution in [1.82, 2.24) is 15.1 Å². The van der Waals surface area contributed by atoms with Crippen molar-refractivity contribution in [3.8, 4) is 0 Å². The first-order valence-electron chi connectivity index (χ1n) is 7.79. The molecular formula is C17H22F3N3O. The topological polar surface area (TPSA) is 50.1 Å². The van der Waals surface area contributed by atoms with Gasteiger partial charge in [0.15, 0.2) is 0 Å². The Hall–Kier alpha value is -1.86. The zero-order chi connectivity index (χ0) is 17.7. The van der Waals surface area contributed by atoms with Gasteiger partial charge in [0.2, 0.25) is 0 Å². The molecule has 0 aliphatic heterocycles. The highest BCUT2D eigenvalue weighted by atomic mass is 19.4. The van der Waals surface area contributed by atoms with Crippen LogP contribution in [0.15, 0.2) is 36.5 Å². The first-order valence-corrected chi connectivity index (χ1v) is 7.79. The SMILES string of the molecule is CC(NCC(CO)Cc1ccc(C(F)(F)F)cc1)c1ccnn1C. The van der Waals surface area contributed by atoms with Crippen LogP contribution in [0.2, 0.25) is 0 Å². The third kappa shape index (κ3) is 4.82. The minimum absolute atomic E-state index is 0.0356. The fourth-order valence-electron chi connectivity index (χ4n) is 2.62. The third-order valence-electron chi connectivity index (χ3n) is 4.08. The molecule has 0 aliphatic carbocycles. The molecule has 2 rings (SSSR count). The molecule has 0 radical (unpaired) electrons. The number of aryl methyl sites for hydroxylation is 1. The number of nitrogens with zero attached hydrogens (tertiary/aromatic N) is 2. The summed E-state index contributed by atoms with van der Waals surface area (Å²) < 4.78 is 39.5. The Morgan fingerprint density at radius 3 is 2.38 bits per heavy atom. The summed E-state index contributed by atoms with van der Waals surface area (Å²) in [4.78, 5) is 0. The number of aliphatic hydroxyl groups excluding tert-OH is 1. The lowest BCUT2D eigenvalue weighted by Gasteiger charge is -2.20. The van der Waals surface area contributed by atoms with E-state index >= 15 is 0 Å². The quantitative estimate of drug-likeness (QED) is 0.814. The van der Waals surface area contributed by atoms with Gasteiger partial charge in [-0.2, -0.15) is 18.3 Å². The molecule has 0 aliphatic rings. The van der Waals surface area contributed by atoms with Gasteiger partial charge in [-0.25, -0.2) is 0 Å². The van der Waals surface area contributed by atoms with E-state index in [9.17, 15) is 18.3 Å². The zero-order valence-corrected chi connectivity index (χ0v) is 13.7. The number of alkyl halides is 3. The van der Waals surface area contributed by atoms with Crippen LogP contribution in [0.5, 0.6) is 0 Å². The Kier molecular flexibility index (Phi) is 6.01. The first-order chi connectivity index (χ1) is 11.3. The molecule has 2 aromatic rings. The van der Waals surface area contributed by atoms with E-state index in [1.807, 2.05) is 20.0 Å². The second kappa shape index (κ2) is 7.81. The molecule has 2 N–H and O–H groups in total. The molecule has 2 unspecified atom stereocenters. The van der Waals surface area contributed by atoms with Crippen molar-refractivity contribution in [1.29, 1.82) is 0 Å². The summed E-state index contributed by atoms with van der Waals surface area (Å²) in [6.45, 7) is 2.53. The molecule has 7 heteroatoms. The van der Waals surface area contributed by atoms with Crippen LogP contribution in [-0.2, 0) is 19.6 Å². The summed E-state index contributed by atoms with van der Waals surface area (Å²) in [5, 5.41) is 17.0. The summed E-state index contributed by atoms with van der Waals surface area (Å²) in [5.41, 5.74) is 1.15. The smallest absolute Gasteiger partial charge is 0.396 e. The lowest BCUT2D eigenvalue weighted by Crippen LogP contribution is -2.30. The van der Waals surface area contributed by atoms with Crippen molar-refractivity contribution in [3.05, 3.63) is 53.3 Å². The van der Waals surface area contributed by atoms with E-state index in [-0.39, 0.29) is 18.6 Å². The zero-order valence-electron chi connectivity index (χ0n) is 13.7. The van der Waals surface area contributed by atoms with Gasteiger partial charge in [0.25, 0.3) is 0 Å². The highest BCUT2D eigenvalue weighted by molar-refractivity contribution is 5.25. The Labute approximate surface area is 139 Å². The molecule has 4 nitrogen and oxygen atoms in total. The normalized spacial score (nSPS) is 14.6. The molecule has 1 aromatic carbocycles. The Morgan fingerprint density at radius 1 is 1.21 bits per heavy atom. The van der Waals surface area contributed by atoms with Crippen molar-refractivity contribution in [2.24, 2.45) is 13.0 Å². The van der Waals surface area contributed by atoms with Gasteiger partial charge in [0.1, 0.15) is 0 Å². The van der Waals surface area contributed by atoms with Crippen molar-refractivity contribution in [3.63, 3.8) is 0 Å². The standard InChI is InChI=1S/C17H22F3N3O/c1-12(16-7-8-22-23(16)2)21-10-14(11-24)9-13-3-5-15(6-4-13)17(18,19)20/h3-8,12,14,21,24H,9-11H2,1-2H3. The van der Waals surface area contributed by atoms with E-state index in [0.717, 1.165) is 23.4 Å². The Balaban J connectivity index is 1.91. The molecule has 24 heavy (non-hydrogen) atoms. The second-order valence-electron chi connectivity index (χ2n) is 5.96. The number of aromatic nitrogens is 2. The van der Waals surface area contributed by atoms with Gasteiger partial charge in [-0.15, -0.1) is 0 Å². The number of rotatable bonds is 7. The summed E-state index contributed by atoms with van der Waals surface area (Å²) in [6.07, 6.45) is -2.09. The maximum absolute atomic E-state index is 12.6. The van der Waals surface area contributed by atoms with Gasteiger partial charge in [-0.1, -0.05) is 12.1 Å². The minimum Gasteiger partial charge on any atom is -0.396 e. The number of hydrogen-bond donors (Lipinski definition) is 2. The molecule has 0 spiro atoms. The van der Waals surface area contributed by atoms with Crippen LogP contribution in [0.25, 0.3) is 0 Å². The van der Waals surface area contributed by atoms with Crippen LogP contribution >= 0.6 is 0 Å². The van der Waals surface area contributed by atoms with E-state index in [2.05, 4.69) is 10.4 Å². The first kappa shape index (κ1) is 18.5. The number of benzene rings is 1. The summed E-state index contributed by atoms with van der Waals surface area (Å²) >= 11 is 0. The molecule has 0 bridgehead atoms. The molecule has 0 amide bonds. The van der Waals surface area contributed by atoms with E-state index in [1.54, 1.807) is 10.9 Å². The molecule has 0 saturated heterocycles. The van der Waals surface area contributed by atoms with E-state index in [1.165, 1.54) is 12.1 Å². The van der Waals surface area contributed by atoms with Crippen LogP contribution in [0.4, 0.5) is 13.2 Å². The average molecular weight is 341 g/mol. The molecule has 2 atom stereocenters. The number of halogens is 3. The second-order valence-corrected chi connectivity index (χ2v) is 5.96. The third-order valence-corrected chi connectivity index (χ3v) is 4.08. The number of aliphatic hydroxyl groups is 1. The van der Waals surface area contributed by atoms with E-state index in [4.69, 9.17) is 0 Å². The van der Waals surface area contributed by atoms with Gasteiger partial charge < -0.3 is 10.4 Å². The highest BCUT2D eigenvalue weighted by Crippen LogP contribution is 2.29. The number of hydrogen-bond acceptors (Lipinski definition) is 3. The van der Waals surface area contributed by atoms with Crippen LogP contribution in [-0.4, -0.2) is 28.0 Å². The van der Waals surface area contributed by atoms with Gasteiger partial charge in [-0.05, 0) is 43.0 Å². The van der Waals surface area contributed by atoms with Crippen LogP contribution < -0.4 is 5.32 Å². The van der Waals surface area contributed by atoms with Crippen molar-refractivity contribution in [2.45, 2.75) is 25.6 Å². The highest BCUT2D eigenvalue weighted by Gasteiger charge is 2.30. The van der Waals surface area contributed by atoms with Crippen molar-refractivity contribution >= 4 is 0 Å². The lowest BCUT2D eigenvalue weighted by atomic mass is 9.98.